The lowest BCUT2D eigenvalue weighted by Gasteiger charge is -2.39. The molecule has 2 heterocycles. The number of aliphatic hydroxyl groups is 1. The largest absolute Gasteiger partial charge is 0.496 e. The summed E-state index contributed by atoms with van der Waals surface area (Å²) < 4.78 is 34.1. The number of benzene rings is 3. The molecule has 0 aromatic heterocycles. The average Bonchev–Trinajstić information content (AvgIpc) is 3.30. The van der Waals surface area contributed by atoms with E-state index >= 15 is 0 Å². The van der Waals surface area contributed by atoms with Crippen LogP contribution in [0.5, 0.6) is 34.5 Å². The molecule has 3 aromatic rings. The molecule has 0 saturated carbocycles. The third-order valence-corrected chi connectivity index (χ3v) is 6.27. The molecular weight excluding hydrogens is 414 g/mol. The highest BCUT2D eigenvalue weighted by Gasteiger charge is 2.38. The van der Waals surface area contributed by atoms with Crippen LogP contribution < -0.4 is 33.3 Å². The van der Waals surface area contributed by atoms with Gasteiger partial charge in [-0.15, -0.1) is 0 Å². The minimum atomic E-state index is -0.368. The minimum absolute atomic E-state index is 0.118. The number of rotatable bonds is 5. The maximum Gasteiger partial charge on any atom is 0.231 e. The van der Waals surface area contributed by atoms with Gasteiger partial charge in [0, 0.05) is 40.6 Å². The standard InChI is InChI=1S/C24H25NO7/c1-25-15(10-26)22-21(19(30-5)9-20-24(22)32-11-31-20)14-8-16(27-2)12-6-17(28-3)18(29-4)7-13(12)23(14)25/h6-9,15,26H,10-11H2,1-5H3/t15-/m0/s1. The molecule has 3 aromatic carbocycles. The van der Waals surface area contributed by atoms with Crippen molar-refractivity contribution in [2.45, 2.75) is 6.04 Å². The summed E-state index contributed by atoms with van der Waals surface area (Å²) in [5.74, 6) is 3.77. The van der Waals surface area contributed by atoms with E-state index in [9.17, 15) is 5.11 Å². The van der Waals surface area contributed by atoms with E-state index in [1.807, 2.05) is 36.2 Å². The Bertz CT molecular complexity index is 1220. The topological polar surface area (TPSA) is 78.9 Å². The molecule has 0 unspecified atom stereocenters. The molecule has 168 valence electrons. The Labute approximate surface area is 185 Å². The summed E-state index contributed by atoms with van der Waals surface area (Å²) >= 11 is 0. The van der Waals surface area contributed by atoms with Gasteiger partial charge in [-0.3, -0.25) is 0 Å². The predicted octanol–water partition coefficient (Wildman–Crippen LogP) is 3.75. The number of methoxy groups -OCH3 is 4. The van der Waals surface area contributed by atoms with E-state index in [1.165, 1.54) is 0 Å². The summed E-state index contributed by atoms with van der Waals surface area (Å²) in [5.41, 5.74) is 3.50. The molecule has 0 saturated heterocycles. The first-order chi connectivity index (χ1) is 15.6. The number of anilines is 1. The molecule has 0 radical (unpaired) electrons. The van der Waals surface area contributed by atoms with Crippen LogP contribution in [-0.2, 0) is 0 Å². The van der Waals surface area contributed by atoms with Gasteiger partial charge in [-0.05, 0) is 18.2 Å². The van der Waals surface area contributed by atoms with Crippen LogP contribution in [0.2, 0.25) is 0 Å². The Hall–Kier alpha value is -3.52. The number of likely N-dealkylation sites (N-methyl/N-ethyl adjacent to an activating group) is 1. The Kier molecular flexibility index (Phi) is 4.82. The van der Waals surface area contributed by atoms with E-state index in [4.69, 9.17) is 28.4 Å². The van der Waals surface area contributed by atoms with Crippen LogP contribution in [0.15, 0.2) is 24.3 Å². The molecule has 0 spiro atoms. The quantitative estimate of drug-likeness (QED) is 0.644. The third kappa shape index (κ3) is 2.65. The van der Waals surface area contributed by atoms with Crippen LogP contribution in [0, 0.1) is 0 Å². The maximum atomic E-state index is 10.4. The monoisotopic (exact) mass is 439 g/mol. The van der Waals surface area contributed by atoms with E-state index in [-0.39, 0.29) is 19.4 Å². The second kappa shape index (κ2) is 7.56. The number of fused-ring (bicyclic) bond motifs is 7. The Balaban J connectivity index is 1.94. The van der Waals surface area contributed by atoms with Crippen molar-refractivity contribution in [3.8, 4) is 45.6 Å². The van der Waals surface area contributed by atoms with E-state index in [0.29, 0.717) is 34.5 Å². The van der Waals surface area contributed by atoms with Crippen LogP contribution in [0.25, 0.3) is 21.9 Å². The zero-order valence-electron chi connectivity index (χ0n) is 18.6. The van der Waals surface area contributed by atoms with Gasteiger partial charge in [0.05, 0.1) is 46.8 Å². The van der Waals surface area contributed by atoms with Crippen LogP contribution in [0.4, 0.5) is 5.69 Å². The van der Waals surface area contributed by atoms with Gasteiger partial charge in [0.25, 0.3) is 0 Å². The van der Waals surface area contributed by atoms with Gasteiger partial charge in [0.1, 0.15) is 11.5 Å². The number of hydrogen-bond acceptors (Lipinski definition) is 8. The van der Waals surface area contributed by atoms with Crippen molar-refractivity contribution in [3.63, 3.8) is 0 Å². The first-order valence-electron chi connectivity index (χ1n) is 10.2. The third-order valence-electron chi connectivity index (χ3n) is 6.27. The maximum absolute atomic E-state index is 10.4. The summed E-state index contributed by atoms with van der Waals surface area (Å²) in [5, 5.41) is 12.2. The smallest absolute Gasteiger partial charge is 0.231 e. The van der Waals surface area contributed by atoms with Crippen molar-refractivity contribution >= 4 is 16.5 Å². The highest BCUT2D eigenvalue weighted by atomic mass is 16.7. The predicted molar refractivity (Wildman–Crippen MR) is 120 cm³/mol. The molecule has 1 atom stereocenters. The number of ether oxygens (including phenoxy) is 6. The van der Waals surface area contributed by atoms with Gasteiger partial charge < -0.3 is 38.4 Å². The molecule has 0 amide bonds. The second-order valence-electron chi connectivity index (χ2n) is 7.64. The van der Waals surface area contributed by atoms with E-state index in [1.54, 1.807) is 28.4 Å². The van der Waals surface area contributed by atoms with Crippen molar-refractivity contribution in [2.75, 3.05) is 53.8 Å². The van der Waals surface area contributed by atoms with Gasteiger partial charge >= 0.3 is 0 Å². The molecule has 2 aliphatic heterocycles. The number of aliphatic hydroxyl groups excluding tert-OH is 1. The fourth-order valence-corrected chi connectivity index (χ4v) is 4.80. The van der Waals surface area contributed by atoms with Crippen LogP contribution in [0.3, 0.4) is 0 Å². The van der Waals surface area contributed by atoms with Crippen molar-refractivity contribution in [1.82, 2.24) is 0 Å². The van der Waals surface area contributed by atoms with Crippen LogP contribution in [0.1, 0.15) is 11.6 Å². The SMILES string of the molecule is COc1cc2c(OC)cc3c(c2cc1OC)N(C)[C@@H](CO)c1c2c(cc(OC)c1-3)OCO2. The van der Waals surface area contributed by atoms with Crippen molar-refractivity contribution in [2.24, 2.45) is 0 Å². The normalized spacial score (nSPS) is 15.9. The van der Waals surface area contributed by atoms with E-state index in [0.717, 1.165) is 33.2 Å². The average molecular weight is 439 g/mol. The number of hydrogen-bond donors (Lipinski definition) is 1. The van der Waals surface area contributed by atoms with Crippen LogP contribution in [-0.4, -0.2) is 54.0 Å². The second-order valence-corrected chi connectivity index (χ2v) is 7.64. The summed E-state index contributed by atoms with van der Waals surface area (Å²) in [6.45, 7) is 0.00835. The van der Waals surface area contributed by atoms with Gasteiger partial charge in [-0.1, -0.05) is 0 Å². The molecule has 32 heavy (non-hydrogen) atoms. The molecule has 5 rings (SSSR count). The number of nitrogens with zero attached hydrogens (tertiary/aromatic N) is 1. The Morgan fingerprint density at radius 2 is 1.53 bits per heavy atom. The molecule has 0 bridgehead atoms. The Morgan fingerprint density at radius 1 is 0.875 bits per heavy atom. The van der Waals surface area contributed by atoms with E-state index in [2.05, 4.69) is 0 Å². The fraction of sp³-hybridized carbons (Fsp3) is 0.333. The zero-order valence-corrected chi connectivity index (χ0v) is 18.6. The first-order valence-corrected chi connectivity index (χ1v) is 10.2. The summed E-state index contributed by atoms with van der Waals surface area (Å²) in [7, 11) is 8.42. The zero-order chi connectivity index (χ0) is 22.6. The molecular formula is C24H25NO7. The van der Waals surface area contributed by atoms with Gasteiger partial charge in [0.2, 0.25) is 6.79 Å². The lowest BCUT2D eigenvalue weighted by atomic mass is 9.84. The highest BCUT2D eigenvalue weighted by molar-refractivity contribution is 6.09. The van der Waals surface area contributed by atoms with Gasteiger partial charge in [-0.25, -0.2) is 0 Å². The molecule has 1 N–H and O–H groups in total. The fourth-order valence-electron chi connectivity index (χ4n) is 4.80. The lowest BCUT2D eigenvalue weighted by Crippen LogP contribution is -2.31. The summed E-state index contributed by atoms with van der Waals surface area (Å²) in [6.07, 6.45) is 0. The van der Waals surface area contributed by atoms with Crippen LogP contribution >= 0.6 is 0 Å². The van der Waals surface area contributed by atoms with Gasteiger partial charge in [0.15, 0.2) is 23.0 Å². The van der Waals surface area contributed by atoms with E-state index < -0.39 is 0 Å². The molecule has 8 nitrogen and oxygen atoms in total. The van der Waals surface area contributed by atoms with Crippen molar-refractivity contribution < 1.29 is 33.5 Å². The highest BCUT2D eigenvalue weighted by Crippen LogP contribution is 2.58. The summed E-state index contributed by atoms with van der Waals surface area (Å²) in [6, 6.07) is 7.28. The minimum Gasteiger partial charge on any atom is -0.496 e. The van der Waals surface area contributed by atoms with Crippen molar-refractivity contribution in [3.05, 3.63) is 29.8 Å². The van der Waals surface area contributed by atoms with Gasteiger partial charge in [-0.2, -0.15) is 0 Å². The Morgan fingerprint density at radius 3 is 2.16 bits per heavy atom. The molecule has 8 heteroatoms. The summed E-state index contributed by atoms with van der Waals surface area (Å²) in [4.78, 5) is 2.05. The first kappa shape index (κ1) is 20.4. The molecule has 0 aliphatic carbocycles. The molecule has 2 aliphatic rings. The van der Waals surface area contributed by atoms with Crippen molar-refractivity contribution in [1.29, 1.82) is 0 Å². The molecule has 0 fully saturated rings. The lowest BCUT2D eigenvalue weighted by molar-refractivity contribution is 0.172.